The van der Waals surface area contributed by atoms with Gasteiger partial charge in [-0.15, -0.1) is 0 Å². The van der Waals surface area contributed by atoms with Crippen LogP contribution in [-0.2, 0) is 6.42 Å². The van der Waals surface area contributed by atoms with Gasteiger partial charge >= 0.3 is 0 Å². The van der Waals surface area contributed by atoms with Crippen molar-refractivity contribution in [2.75, 3.05) is 5.33 Å². The lowest BCUT2D eigenvalue weighted by molar-refractivity contribution is 0.598. The summed E-state index contributed by atoms with van der Waals surface area (Å²) in [5.74, 6) is 0.0839. The van der Waals surface area contributed by atoms with Crippen LogP contribution in [0.1, 0.15) is 17.0 Å². The number of rotatable bonds is 4. The molecule has 0 amide bonds. The molecule has 0 aliphatic heterocycles. The van der Waals surface area contributed by atoms with Gasteiger partial charge in [0.2, 0.25) is 0 Å². The average molecular weight is 451 g/mol. The molecule has 0 bridgehead atoms. The summed E-state index contributed by atoms with van der Waals surface area (Å²) in [5.41, 5.74) is 1.92. The Morgan fingerprint density at radius 2 is 1.79 bits per heavy atom. The standard InChI is InChI=1S/C15H12Br3F/c16-9-11(13-3-1-2-4-14(13)18)7-10-8-12(17)5-6-15(10)19/h1-6,8,11H,7,9H2. The van der Waals surface area contributed by atoms with Gasteiger partial charge in [-0.25, -0.2) is 4.39 Å². The first-order chi connectivity index (χ1) is 9.11. The van der Waals surface area contributed by atoms with Gasteiger partial charge in [-0.3, -0.25) is 0 Å². The molecular formula is C15H12Br3F. The topological polar surface area (TPSA) is 0 Å². The summed E-state index contributed by atoms with van der Waals surface area (Å²) in [7, 11) is 0. The van der Waals surface area contributed by atoms with Crippen molar-refractivity contribution in [2.24, 2.45) is 0 Å². The van der Waals surface area contributed by atoms with Crippen molar-refractivity contribution in [3.63, 3.8) is 0 Å². The Bertz CT molecular complexity index is 569. The van der Waals surface area contributed by atoms with Gasteiger partial charge in [0.15, 0.2) is 0 Å². The summed E-state index contributed by atoms with van der Waals surface area (Å²) in [4.78, 5) is 0. The average Bonchev–Trinajstić information content (AvgIpc) is 2.41. The fraction of sp³-hybridized carbons (Fsp3) is 0.200. The zero-order chi connectivity index (χ0) is 13.8. The Balaban J connectivity index is 2.29. The fourth-order valence-electron chi connectivity index (χ4n) is 2.02. The van der Waals surface area contributed by atoms with Crippen molar-refractivity contribution in [1.29, 1.82) is 0 Å². The van der Waals surface area contributed by atoms with Gasteiger partial charge in [0.25, 0.3) is 0 Å². The molecule has 1 atom stereocenters. The lowest BCUT2D eigenvalue weighted by Gasteiger charge is -2.17. The van der Waals surface area contributed by atoms with Crippen molar-refractivity contribution in [3.8, 4) is 0 Å². The highest BCUT2D eigenvalue weighted by molar-refractivity contribution is 9.11. The highest BCUT2D eigenvalue weighted by Gasteiger charge is 2.16. The van der Waals surface area contributed by atoms with Gasteiger partial charge < -0.3 is 0 Å². The Kier molecular flexibility index (Phi) is 5.60. The van der Waals surface area contributed by atoms with E-state index in [2.05, 4.69) is 53.9 Å². The predicted molar refractivity (Wildman–Crippen MR) is 88.5 cm³/mol. The van der Waals surface area contributed by atoms with E-state index < -0.39 is 0 Å². The van der Waals surface area contributed by atoms with E-state index in [-0.39, 0.29) is 11.7 Å². The smallest absolute Gasteiger partial charge is 0.126 e. The second-order valence-electron chi connectivity index (χ2n) is 4.31. The maximum Gasteiger partial charge on any atom is 0.126 e. The van der Waals surface area contributed by atoms with E-state index >= 15 is 0 Å². The lowest BCUT2D eigenvalue weighted by Crippen LogP contribution is -2.06. The molecule has 2 aromatic rings. The van der Waals surface area contributed by atoms with Crippen LogP contribution in [0.2, 0.25) is 0 Å². The van der Waals surface area contributed by atoms with Gasteiger partial charge in [-0.1, -0.05) is 66.0 Å². The molecule has 0 aliphatic carbocycles. The van der Waals surface area contributed by atoms with E-state index in [9.17, 15) is 4.39 Å². The van der Waals surface area contributed by atoms with Gasteiger partial charge in [-0.05, 0) is 47.7 Å². The first-order valence-electron chi connectivity index (χ1n) is 5.86. The van der Waals surface area contributed by atoms with Crippen LogP contribution in [0, 0.1) is 5.82 Å². The molecule has 1 unspecified atom stereocenters. The molecule has 2 aromatic carbocycles. The molecule has 19 heavy (non-hydrogen) atoms. The zero-order valence-electron chi connectivity index (χ0n) is 10.0. The summed E-state index contributed by atoms with van der Waals surface area (Å²) in [6.07, 6.45) is 0.666. The SMILES string of the molecule is Fc1ccc(Br)cc1CC(CBr)c1ccccc1Br. The van der Waals surface area contributed by atoms with Crippen molar-refractivity contribution >= 4 is 47.8 Å². The summed E-state index contributed by atoms with van der Waals surface area (Å²) < 4.78 is 15.8. The second kappa shape index (κ2) is 7.00. The van der Waals surface area contributed by atoms with E-state index in [1.807, 2.05) is 24.3 Å². The van der Waals surface area contributed by atoms with Crippen LogP contribution in [0.25, 0.3) is 0 Å². The molecule has 4 heteroatoms. The minimum absolute atomic E-state index is 0.152. The van der Waals surface area contributed by atoms with Crippen LogP contribution in [0.15, 0.2) is 51.4 Å². The van der Waals surface area contributed by atoms with E-state index in [1.165, 1.54) is 11.6 Å². The minimum atomic E-state index is -0.152. The van der Waals surface area contributed by atoms with Gasteiger partial charge in [0.05, 0.1) is 0 Å². The number of hydrogen-bond acceptors (Lipinski definition) is 0. The molecular weight excluding hydrogens is 439 g/mol. The second-order valence-corrected chi connectivity index (χ2v) is 6.73. The summed E-state index contributed by atoms with van der Waals surface area (Å²) in [6.45, 7) is 0. The molecule has 0 radical (unpaired) electrons. The number of hydrogen-bond donors (Lipinski definition) is 0. The molecule has 2 rings (SSSR count). The third-order valence-corrected chi connectivity index (χ3v) is 5.00. The molecule has 0 saturated heterocycles. The fourth-order valence-corrected chi connectivity index (χ4v) is 3.61. The maximum absolute atomic E-state index is 13.8. The molecule has 0 N–H and O–H groups in total. The molecule has 0 fully saturated rings. The van der Waals surface area contributed by atoms with Crippen molar-refractivity contribution in [3.05, 3.63) is 68.4 Å². The first-order valence-corrected chi connectivity index (χ1v) is 8.57. The first kappa shape index (κ1) is 15.2. The predicted octanol–water partition coefficient (Wildman–Crippen LogP) is 6.07. The van der Waals surface area contributed by atoms with Crippen LogP contribution in [0.3, 0.4) is 0 Å². The quantitative estimate of drug-likeness (QED) is 0.496. The van der Waals surface area contributed by atoms with E-state index in [0.717, 1.165) is 19.8 Å². The van der Waals surface area contributed by atoms with Crippen molar-refractivity contribution in [2.45, 2.75) is 12.3 Å². The minimum Gasteiger partial charge on any atom is -0.207 e. The molecule has 0 spiro atoms. The van der Waals surface area contributed by atoms with Crippen molar-refractivity contribution < 1.29 is 4.39 Å². The Labute approximate surface area is 137 Å². The Morgan fingerprint density at radius 3 is 2.47 bits per heavy atom. The molecule has 0 aromatic heterocycles. The molecule has 0 heterocycles. The monoisotopic (exact) mass is 448 g/mol. The molecule has 0 nitrogen and oxygen atoms in total. The number of halogens is 4. The summed E-state index contributed by atoms with van der Waals surface area (Å²) in [5, 5.41) is 0.793. The van der Waals surface area contributed by atoms with Gasteiger partial charge in [-0.2, -0.15) is 0 Å². The number of alkyl halides is 1. The van der Waals surface area contributed by atoms with Crippen molar-refractivity contribution in [1.82, 2.24) is 0 Å². The maximum atomic E-state index is 13.8. The third kappa shape index (κ3) is 3.89. The van der Waals surface area contributed by atoms with Crippen LogP contribution >= 0.6 is 47.8 Å². The Morgan fingerprint density at radius 1 is 1.05 bits per heavy atom. The normalized spacial score (nSPS) is 12.4. The largest absolute Gasteiger partial charge is 0.207 e. The highest BCUT2D eigenvalue weighted by Crippen LogP contribution is 2.30. The van der Waals surface area contributed by atoms with E-state index in [0.29, 0.717) is 6.42 Å². The third-order valence-electron chi connectivity index (χ3n) is 3.01. The summed E-state index contributed by atoms with van der Waals surface area (Å²) >= 11 is 10.5. The molecule has 0 aliphatic rings. The van der Waals surface area contributed by atoms with E-state index in [1.54, 1.807) is 6.07 Å². The molecule has 100 valence electrons. The lowest BCUT2D eigenvalue weighted by atomic mass is 9.93. The van der Waals surface area contributed by atoms with Crippen LogP contribution in [0.5, 0.6) is 0 Å². The van der Waals surface area contributed by atoms with Gasteiger partial charge in [0, 0.05) is 14.3 Å². The van der Waals surface area contributed by atoms with E-state index in [4.69, 9.17) is 0 Å². The number of benzene rings is 2. The summed E-state index contributed by atoms with van der Waals surface area (Å²) in [6, 6.07) is 13.2. The van der Waals surface area contributed by atoms with Crippen LogP contribution in [0.4, 0.5) is 4.39 Å². The zero-order valence-corrected chi connectivity index (χ0v) is 14.8. The Hall–Kier alpha value is -0.190. The van der Waals surface area contributed by atoms with Gasteiger partial charge in [0.1, 0.15) is 5.82 Å². The van der Waals surface area contributed by atoms with Crippen LogP contribution < -0.4 is 0 Å². The van der Waals surface area contributed by atoms with Crippen LogP contribution in [-0.4, -0.2) is 5.33 Å². The molecule has 0 saturated carbocycles. The highest BCUT2D eigenvalue weighted by atomic mass is 79.9.